The average molecular weight is 176 g/mol. The van der Waals surface area contributed by atoms with Gasteiger partial charge in [-0.15, -0.1) is 0 Å². The number of ketones is 1. The van der Waals surface area contributed by atoms with Crippen molar-refractivity contribution < 1.29 is 4.79 Å². The molecule has 1 nitrogen and oxygen atoms in total. The highest BCUT2D eigenvalue weighted by Crippen LogP contribution is 2.61. The van der Waals surface area contributed by atoms with Crippen LogP contribution in [0, 0.1) is 17.3 Å². The Morgan fingerprint density at radius 1 is 1.46 bits per heavy atom. The molecule has 0 aromatic rings. The molecule has 0 heterocycles. The molecule has 2 saturated carbocycles. The lowest BCUT2D eigenvalue weighted by molar-refractivity contribution is -0.115. The summed E-state index contributed by atoms with van der Waals surface area (Å²) in [6.07, 6.45) is 8.15. The highest BCUT2D eigenvalue weighted by Gasteiger charge is 2.53. The molecule has 0 aliphatic heterocycles. The topological polar surface area (TPSA) is 17.1 Å². The van der Waals surface area contributed by atoms with Gasteiger partial charge in [0.15, 0.2) is 5.78 Å². The van der Waals surface area contributed by atoms with Crippen LogP contribution in [0.3, 0.4) is 0 Å². The van der Waals surface area contributed by atoms with Crippen molar-refractivity contribution in [2.75, 3.05) is 0 Å². The molecule has 3 aliphatic rings. The Kier molecular flexibility index (Phi) is 1.35. The second-order valence-electron chi connectivity index (χ2n) is 5.23. The third kappa shape index (κ3) is 0.853. The molecule has 0 aromatic heterocycles. The maximum Gasteiger partial charge on any atom is 0.156 e. The van der Waals surface area contributed by atoms with Gasteiger partial charge in [-0.25, -0.2) is 0 Å². The molecule has 0 unspecified atom stereocenters. The normalized spacial score (nSPS) is 47.8. The van der Waals surface area contributed by atoms with E-state index < -0.39 is 0 Å². The summed E-state index contributed by atoms with van der Waals surface area (Å²) in [6.45, 7) is 2.32. The number of hydrogen-bond acceptors (Lipinski definition) is 1. The minimum absolute atomic E-state index is 0.290. The van der Waals surface area contributed by atoms with Crippen molar-refractivity contribution in [3.05, 3.63) is 11.6 Å². The van der Waals surface area contributed by atoms with E-state index in [1.54, 1.807) is 0 Å². The van der Waals surface area contributed by atoms with Gasteiger partial charge in [0.05, 0.1) is 0 Å². The van der Waals surface area contributed by atoms with E-state index >= 15 is 0 Å². The Balaban J connectivity index is 2.02. The molecule has 3 atom stereocenters. The van der Waals surface area contributed by atoms with Gasteiger partial charge in [0, 0.05) is 6.42 Å². The molecule has 0 amide bonds. The molecule has 70 valence electrons. The van der Waals surface area contributed by atoms with Crippen LogP contribution < -0.4 is 0 Å². The van der Waals surface area contributed by atoms with E-state index in [0.717, 1.165) is 18.3 Å². The maximum atomic E-state index is 11.4. The zero-order valence-corrected chi connectivity index (χ0v) is 8.18. The Labute approximate surface area is 79.2 Å². The van der Waals surface area contributed by atoms with Gasteiger partial charge >= 0.3 is 0 Å². The summed E-state index contributed by atoms with van der Waals surface area (Å²) in [5, 5.41) is 0. The quantitative estimate of drug-likeness (QED) is 0.554. The second kappa shape index (κ2) is 2.26. The van der Waals surface area contributed by atoms with Gasteiger partial charge in [-0.3, -0.25) is 4.79 Å². The van der Waals surface area contributed by atoms with Crippen molar-refractivity contribution in [3.8, 4) is 0 Å². The van der Waals surface area contributed by atoms with Gasteiger partial charge in [0.25, 0.3) is 0 Å². The number of carbonyl (C=O) groups excluding carboxylic acids is 1. The molecular formula is C12H16O. The monoisotopic (exact) mass is 176 g/mol. The van der Waals surface area contributed by atoms with Gasteiger partial charge in [-0.1, -0.05) is 18.9 Å². The van der Waals surface area contributed by atoms with E-state index in [-0.39, 0.29) is 5.41 Å². The Hall–Kier alpha value is -0.590. The summed E-state index contributed by atoms with van der Waals surface area (Å²) >= 11 is 0. The van der Waals surface area contributed by atoms with Crippen LogP contribution in [0.25, 0.3) is 0 Å². The molecule has 0 radical (unpaired) electrons. The molecule has 0 aromatic carbocycles. The number of hydrogen-bond donors (Lipinski definition) is 0. The number of carbonyl (C=O) groups is 1. The van der Waals surface area contributed by atoms with Gasteiger partial charge in [-0.05, 0) is 42.6 Å². The molecule has 2 fully saturated rings. The molecule has 0 spiro atoms. The summed E-state index contributed by atoms with van der Waals surface area (Å²) < 4.78 is 0. The molecule has 0 saturated heterocycles. The zero-order valence-electron chi connectivity index (χ0n) is 8.18. The lowest BCUT2D eigenvalue weighted by Crippen LogP contribution is -2.22. The zero-order chi connectivity index (χ0) is 9.05. The average Bonchev–Trinajstić information content (AvgIpc) is 2.62. The lowest BCUT2D eigenvalue weighted by atomic mass is 9.75. The summed E-state index contributed by atoms with van der Waals surface area (Å²) in [5.41, 5.74) is 1.77. The largest absolute Gasteiger partial charge is 0.295 e. The van der Waals surface area contributed by atoms with Crippen LogP contribution in [-0.2, 0) is 4.79 Å². The minimum atomic E-state index is 0.290. The first-order chi connectivity index (χ1) is 6.20. The van der Waals surface area contributed by atoms with Crippen LogP contribution >= 0.6 is 0 Å². The third-order valence-electron chi connectivity index (χ3n) is 4.57. The van der Waals surface area contributed by atoms with Crippen molar-refractivity contribution in [2.45, 2.75) is 39.0 Å². The summed E-state index contributed by atoms with van der Waals surface area (Å²) in [7, 11) is 0. The first-order valence-corrected chi connectivity index (χ1v) is 5.44. The smallest absolute Gasteiger partial charge is 0.156 e. The fourth-order valence-corrected chi connectivity index (χ4v) is 3.95. The number of rotatable bonds is 0. The minimum Gasteiger partial charge on any atom is -0.295 e. The molecule has 3 rings (SSSR count). The van der Waals surface area contributed by atoms with Crippen molar-refractivity contribution in [1.29, 1.82) is 0 Å². The van der Waals surface area contributed by atoms with Gasteiger partial charge < -0.3 is 0 Å². The van der Waals surface area contributed by atoms with Gasteiger partial charge in [0.1, 0.15) is 0 Å². The van der Waals surface area contributed by atoms with Gasteiger partial charge in [0.2, 0.25) is 0 Å². The predicted molar refractivity (Wildman–Crippen MR) is 51.3 cm³/mol. The second-order valence-corrected chi connectivity index (χ2v) is 5.23. The molecule has 13 heavy (non-hydrogen) atoms. The SMILES string of the molecule is C[C@@]12CC(=O)C=C1C[C@H]1CCC[C@H]12. The lowest BCUT2D eigenvalue weighted by Gasteiger charge is -2.28. The first-order valence-electron chi connectivity index (χ1n) is 5.44. The van der Waals surface area contributed by atoms with E-state index in [9.17, 15) is 4.79 Å². The molecule has 0 bridgehead atoms. The van der Waals surface area contributed by atoms with Crippen LogP contribution in [0.15, 0.2) is 11.6 Å². The van der Waals surface area contributed by atoms with Crippen LogP contribution in [0.2, 0.25) is 0 Å². The Morgan fingerprint density at radius 3 is 3.15 bits per heavy atom. The van der Waals surface area contributed by atoms with E-state index in [1.165, 1.54) is 31.3 Å². The third-order valence-corrected chi connectivity index (χ3v) is 4.57. The van der Waals surface area contributed by atoms with Gasteiger partial charge in [-0.2, -0.15) is 0 Å². The van der Waals surface area contributed by atoms with Crippen LogP contribution in [-0.4, -0.2) is 5.78 Å². The molecule has 1 heteroatoms. The van der Waals surface area contributed by atoms with Crippen LogP contribution in [0.4, 0.5) is 0 Å². The summed E-state index contributed by atoms with van der Waals surface area (Å²) in [4.78, 5) is 11.4. The maximum absolute atomic E-state index is 11.4. The fraction of sp³-hybridized carbons (Fsp3) is 0.750. The van der Waals surface area contributed by atoms with Crippen molar-refractivity contribution >= 4 is 5.78 Å². The van der Waals surface area contributed by atoms with E-state index in [4.69, 9.17) is 0 Å². The highest BCUT2D eigenvalue weighted by atomic mass is 16.1. The Bertz CT molecular complexity index is 302. The standard InChI is InChI=1S/C12H16O/c1-12-7-10(13)6-9(12)5-8-3-2-4-11(8)12/h6,8,11H,2-5,7H2,1H3/t8-,11-,12-/m1/s1. The van der Waals surface area contributed by atoms with Crippen LogP contribution in [0.5, 0.6) is 0 Å². The highest BCUT2D eigenvalue weighted by molar-refractivity contribution is 5.94. The first kappa shape index (κ1) is 7.78. The predicted octanol–water partition coefficient (Wildman–Crippen LogP) is 2.71. The summed E-state index contributed by atoms with van der Waals surface area (Å²) in [6, 6.07) is 0. The fourth-order valence-electron chi connectivity index (χ4n) is 3.95. The Morgan fingerprint density at radius 2 is 2.31 bits per heavy atom. The molecular weight excluding hydrogens is 160 g/mol. The van der Waals surface area contributed by atoms with Crippen molar-refractivity contribution in [1.82, 2.24) is 0 Å². The van der Waals surface area contributed by atoms with E-state index in [2.05, 4.69) is 6.92 Å². The van der Waals surface area contributed by atoms with E-state index in [0.29, 0.717) is 5.78 Å². The molecule has 0 N–H and O–H groups in total. The van der Waals surface area contributed by atoms with Crippen LogP contribution in [0.1, 0.15) is 39.0 Å². The van der Waals surface area contributed by atoms with Crippen molar-refractivity contribution in [3.63, 3.8) is 0 Å². The number of fused-ring (bicyclic) bond motifs is 3. The summed E-state index contributed by atoms with van der Waals surface area (Å²) in [5.74, 6) is 2.14. The number of allylic oxidation sites excluding steroid dienone is 2. The van der Waals surface area contributed by atoms with E-state index in [1.807, 2.05) is 6.08 Å². The van der Waals surface area contributed by atoms with Crippen molar-refractivity contribution in [2.24, 2.45) is 17.3 Å². The molecule has 3 aliphatic carbocycles.